The second-order valence-corrected chi connectivity index (χ2v) is 4.72. The number of benzene rings is 1. The third-order valence-electron chi connectivity index (χ3n) is 2.99. The fourth-order valence-electron chi connectivity index (χ4n) is 2.01. The van der Waals surface area contributed by atoms with Gasteiger partial charge in [0.25, 0.3) is 0 Å². The standard InChI is InChI=1S/C14H13ClN4/c1-18-13(7-8-16-18)12-9-14(15)19(17-12)10-11-5-3-2-4-6-11/h2-9H,10H2,1H3. The average molecular weight is 273 g/mol. The highest BCUT2D eigenvalue weighted by molar-refractivity contribution is 6.29. The number of nitrogens with zero attached hydrogens (tertiary/aromatic N) is 4. The molecule has 5 heteroatoms. The Morgan fingerprint density at radius 2 is 1.95 bits per heavy atom. The molecule has 0 aliphatic heterocycles. The van der Waals surface area contributed by atoms with Crippen molar-refractivity contribution in [3.63, 3.8) is 0 Å². The maximum atomic E-state index is 6.23. The molecular formula is C14H13ClN4. The molecule has 0 radical (unpaired) electrons. The SMILES string of the molecule is Cn1nccc1-c1cc(Cl)n(Cc2ccccc2)n1. The Bertz CT molecular complexity index is 685. The molecule has 4 nitrogen and oxygen atoms in total. The summed E-state index contributed by atoms with van der Waals surface area (Å²) in [6, 6.07) is 13.9. The Hall–Kier alpha value is -2.07. The number of aryl methyl sites for hydroxylation is 1. The van der Waals surface area contributed by atoms with E-state index in [9.17, 15) is 0 Å². The van der Waals surface area contributed by atoms with Gasteiger partial charge in [-0.3, -0.25) is 4.68 Å². The molecule has 3 rings (SSSR count). The molecule has 3 aromatic rings. The summed E-state index contributed by atoms with van der Waals surface area (Å²) in [7, 11) is 1.89. The molecule has 0 amide bonds. The fraction of sp³-hybridized carbons (Fsp3) is 0.143. The van der Waals surface area contributed by atoms with E-state index in [2.05, 4.69) is 22.3 Å². The molecule has 2 aromatic heterocycles. The van der Waals surface area contributed by atoms with Crippen molar-refractivity contribution >= 4 is 11.6 Å². The van der Waals surface area contributed by atoms with Crippen LogP contribution in [-0.2, 0) is 13.6 Å². The minimum Gasteiger partial charge on any atom is -0.266 e. The lowest BCUT2D eigenvalue weighted by molar-refractivity contribution is 0.686. The van der Waals surface area contributed by atoms with Crippen LogP contribution < -0.4 is 0 Å². The molecule has 2 heterocycles. The van der Waals surface area contributed by atoms with E-state index in [0.29, 0.717) is 11.7 Å². The summed E-state index contributed by atoms with van der Waals surface area (Å²) in [6.45, 7) is 0.664. The van der Waals surface area contributed by atoms with Crippen molar-refractivity contribution in [1.29, 1.82) is 0 Å². The topological polar surface area (TPSA) is 35.6 Å². The van der Waals surface area contributed by atoms with Crippen LogP contribution in [0.25, 0.3) is 11.4 Å². The highest BCUT2D eigenvalue weighted by Gasteiger charge is 2.10. The highest BCUT2D eigenvalue weighted by Crippen LogP contribution is 2.21. The van der Waals surface area contributed by atoms with E-state index in [1.807, 2.05) is 37.4 Å². The summed E-state index contributed by atoms with van der Waals surface area (Å²) >= 11 is 6.23. The molecule has 0 fully saturated rings. The van der Waals surface area contributed by atoms with Crippen LogP contribution in [-0.4, -0.2) is 19.6 Å². The van der Waals surface area contributed by atoms with Gasteiger partial charge in [-0.2, -0.15) is 10.2 Å². The average Bonchev–Trinajstić information content (AvgIpc) is 2.98. The van der Waals surface area contributed by atoms with Gasteiger partial charge in [-0.25, -0.2) is 4.68 Å². The van der Waals surface area contributed by atoms with Crippen LogP contribution in [0.2, 0.25) is 5.15 Å². The zero-order valence-corrected chi connectivity index (χ0v) is 11.2. The van der Waals surface area contributed by atoms with Gasteiger partial charge in [0, 0.05) is 19.3 Å². The molecule has 0 bridgehead atoms. The van der Waals surface area contributed by atoms with Gasteiger partial charge < -0.3 is 0 Å². The summed E-state index contributed by atoms with van der Waals surface area (Å²) in [5, 5.41) is 9.30. The van der Waals surface area contributed by atoms with Crippen LogP contribution in [0.15, 0.2) is 48.7 Å². The Labute approximate surface area is 116 Å². The Morgan fingerprint density at radius 1 is 1.16 bits per heavy atom. The third kappa shape index (κ3) is 2.39. The van der Waals surface area contributed by atoms with Crippen LogP contribution in [0.4, 0.5) is 0 Å². The van der Waals surface area contributed by atoms with E-state index in [1.54, 1.807) is 15.6 Å². The largest absolute Gasteiger partial charge is 0.266 e. The van der Waals surface area contributed by atoms with E-state index >= 15 is 0 Å². The van der Waals surface area contributed by atoms with Gasteiger partial charge in [0.05, 0.1) is 12.2 Å². The van der Waals surface area contributed by atoms with Crippen molar-refractivity contribution in [2.24, 2.45) is 7.05 Å². The second kappa shape index (κ2) is 4.90. The maximum Gasteiger partial charge on any atom is 0.128 e. The van der Waals surface area contributed by atoms with E-state index in [0.717, 1.165) is 11.4 Å². The molecule has 0 atom stereocenters. The molecular weight excluding hydrogens is 260 g/mol. The number of rotatable bonds is 3. The van der Waals surface area contributed by atoms with Gasteiger partial charge in [0.1, 0.15) is 10.8 Å². The molecule has 0 aliphatic rings. The van der Waals surface area contributed by atoms with Crippen LogP contribution >= 0.6 is 11.6 Å². The van der Waals surface area contributed by atoms with Crippen molar-refractivity contribution in [3.05, 3.63) is 59.4 Å². The van der Waals surface area contributed by atoms with Gasteiger partial charge in [0.15, 0.2) is 0 Å². The number of aromatic nitrogens is 4. The van der Waals surface area contributed by atoms with Crippen molar-refractivity contribution in [1.82, 2.24) is 19.6 Å². The first-order valence-electron chi connectivity index (χ1n) is 6.00. The lowest BCUT2D eigenvalue weighted by Gasteiger charge is -2.03. The van der Waals surface area contributed by atoms with E-state index < -0.39 is 0 Å². The minimum absolute atomic E-state index is 0.625. The van der Waals surface area contributed by atoms with Gasteiger partial charge in [-0.05, 0) is 11.6 Å². The van der Waals surface area contributed by atoms with Crippen LogP contribution in [0.5, 0.6) is 0 Å². The van der Waals surface area contributed by atoms with Gasteiger partial charge in [-0.15, -0.1) is 0 Å². The molecule has 0 spiro atoms. The molecule has 1 aromatic carbocycles. The minimum atomic E-state index is 0.625. The van der Waals surface area contributed by atoms with Gasteiger partial charge in [0.2, 0.25) is 0 Å². The highest BCUT2D eigenvalue weighted by atomic mass is 35.5. The molecule has 96 valence electrons. The third-order valence-corrected chi connectivity index (χ3v) is 3.29. The maximum absolute atomic E-state index is 6.23. The summed E-state index contributed by atoms with van der Waals surface area (Å²) in [6.07, 6.45) is 1.75. The Kier molecular flexibility index (Phi) is 3.09. The van der Waals surface area contributed by atoms with Crippen LogP contribution in [0.3, 0.4) is 0 Å². The van der Waals surface area contributed by atoms with Gasteiger partial charge in [-0.1, -0.05) is 41.9 Å². The predicted octanol–water partition coefficient (Wildman–Crippen LogP) is 2.99. The lowest BCUT2D eigenvalue weighted by atomic mass is 10.2. The Balaban J connectivity index is 1.92. The van der Waals surface area contributed by atoms with E-state index in [4.69, 9.17) is 11.6 Å². The quantitative estimate of drug-likeness (QED) is 0.735. The zero-order valence-electron chi connectivity index (χ0n) is 10.5. The molecule has 0 saturated carbocycles. The molecule has 0 aliphatic carbocycles. The molecule has 19 heavy (non-hydrogen) atoms. The lowest BCUT2D eigenvalue weighted by Crippen LogP contribution is -2.02. The van der Waals surface area contributed by atoms with Gasteiger partial charge >= 0.3 is 0 Å². The van der Waals surface area contributed by atoms with Crippen molar-refractivity contribution < 1.29 is 0 Å². The molecule has 0 saturated heterocycles. The van der Waals surface area contributed by atoms with Crippen molar-refractivity contribution in [2.75, 3.05) is 0 Å². The zero-order chi connectivity index (χ0) is 13.2. The summed E-state index contributed by atoms with van der Waals surface area (Å²) in [4.78, 5) is 0. The van der Waals surface area contributed by atoms with E-state index in [1.165, 1.54) is 5.56 Å². The first-order chi connectivity index (χ1) is 9.24. The normalized spacial score (nSPS) is 10.8. The van der Waals surface area contributed by atoms with Crippen LogP contribution in [0.1, 0.15) is 5.56 Å². The number of hydrogen-bond acceptors (Lipinski definition) is 2. The van der Waals surface area contributed by atoms with Crippen LogP contribution in [0, 0.1) is 0 Å². The summed E-state index contributed by atoms with van der Waals surface area (Å²) in [5.41, 5.74) is 2.96. The summed E-state index contributed by atoms with van der Waals surface area (Å²) in [5.74, 6) is 0. The number of halogens is 1. The predicted molar refractivity (Wildman–Crippen MR) is 75.0 cm³/mol. The van der Waals surface area contributed by atoms with E-state index in [-0.39, 0.29) is 0 Å². The summed E-state index contributed by atoms with van der Waals surface area (Å²) < 4.78 is 3.57. The molecule has 0 unspecified atom stereocenters. The first-order valence-corrected chi connectivity index (χ1v) is 6.37. The smallest absolute Gasteiger partial charge is 0.128 e. The fourth-order valence-corrected chi connectivity index (χ4v) is 2.21. The monoisotopic (exact) mass is 272 g/mol. The van der Waals surface area contributed by atoms with Crippen molar-refractivity contribution in [2.45, 2.75) is 6.54 Å². The number of hydrogen-bond donors (Lipinski definition) is 0. The molecule has 0 N–H and O–H groups in total. The van der Waals surface area contributed by atoms with Crippen molar-refractivity contribution in [3.8, 4) is 11.4 Å². The Morgan fingerprint density at radius 3 is 2.63 bits per heavy atom. The first kappa shape index (κ1) is 12.0. The second-order valence-electron chi connectivity index (χ2n) is 4.34.